The zero-order valence-corrected chi connectivity index (χ0v) is 18.1. The van der Waals surface area contributed by atoms with E-state index in [4.69, 9.17) is 14.6 Å². The summed E-state index contributed by atoms with van der Waals surface area (Å²) in [5.74, 6) is 0.710. The van der Waals surface area contributed by atoms with Gasteiger partial charge >= 0.3 is 5.97 Å². The summed E-state index contributed by atoms with van der Waals surface area (Å²) >= 11 is 0. The van der Waals surface area contributed by atoms with Gasteiger partial charge in [0.15, 0.2) is 11.5 Å². The summed E-state index contributed by atoms with van der Waals surface area (Å²) in [4.78, 5) is 24.6. The van der Waals surface area contributed by atoms with Crippen LogP contribution in [0.4, 0.5) is 0 Å². The molecule has 5 nitrogen and oxygen atoms in total. The number of rotatable bonds is 6. The third-order valence-electron chi connectivity index (χ3n) is 6.69. The molecule has 1 aliphatic heterocycles. The quantitative estimate of drug-likeness (QED) is 0.581. The van der Waals surface area contributed by atoms with Gasteiger partial charge in [0.05, 0.1) is 11.0 Å². The van der Waals surface area contributed by atoms with Crippen LogP contribution in [-0.4, -0.2) is 23.7 Å². The molecule has 0 atom stereocenters. The molecule has 0 saturated heterocycles. The zero-order valence-electron chi connectivity index (χ0n) is 18.1. The minimum atomic E-state index is -0.943. The van der Waals surface area contributed by atoms with Crippen LogP contribution in [-0.2, 0) is 16.6 Å². The molecule has 5 rings (SSSR count). The number of ether oxygens (including phenoxy) is 2. The van der Waals surface area contributed by atoms with Crippen LogP contribution in [0.15, 0.2) is 54.6 Å². The molecular formula is C27H24O5. The number of benzene rings is 3. The Kier molecular flexibility index (Phi) is 4.77. The van der Waals surface area contributed by atoms with E-state index in [2.05, 4.69) is 12.1 Å². The molecule has 1 saturated carbocycles. The lowest BCUT2D eigenvalue weighted by Crippen LogP contribution is -2.23. The molecule has 0 spiro atoms. The van der Waals surface area contributed by atoms with Gasteiger partial charge in [0.2, 0.25) is 6.79 Å². The molecule has 0 aromatic heterocycles. The van der Waals surface area contributed by atoms with Crippen molar-refractivity contribution < 1.29 is 24.2 Å². The van der Waals surface area contributed by atoms with Gasteiger partial charge in [-0.05, 0) is 84.3 Å². The second kappa shape index (κ2) is 7.52. The molecule has 1 aliphatic carbocycles. The van der Waals surface area contributed by atoms with Crippen LogP contribution in [0.5, 0.6) is 11.5 Å². The standard InChI is InChI=1S/C27H24O5/c1-16-11-17(2)22(18-3-5-19(6-4-18)26(29)30)12-20(16)13-25(28)27(9-10-27)21-7-8-23-24(14-21)32-15-31-23/h3-8,11-12,14H,9-10,13,15H2,1-2H3,(H,29,30). The highest BCUT2D eigenvalue weighted by Gasteiger charge is 2.50. The predicted molar refractivity (Wildman–Crippen MR) is 120 cm³/mol. The zero-order chi connectivity index (χ0) is 22.5. The van der Waals surface area contributed by atoms with Crippen LogP contribution >= 0.6 is 0 Å². The molecule has 3 aromatic rings. The van der Waals surface area contributed by atoms with E-state index in [0.717, 1.165) is 52.0 Å². The first kappa shape index (κ1) is 20.3. The number of Topliss-reactive ketones (excluding diaryl/α,β-unsaturated/α-hetero) is 1. The molecule has 1 heterocycles. The fourth-order valence-electron chi connectivity index (χ4n) is 4.58. The largest absolute Gasteiger partial charge is 0.478 e. The fourth-order valence-corrected chi connectivity index (χ4v) is 4.58. The molecule has 0 bridgehead atoms. The number of carbonyl (C=O) groups excluding carboxylic acids is 1. The number of aryl methyl sites for hydroxylation is 2. The van der Waals surface area contributed by atoms with Crippen molar-refractivity contribution in [1.29, 1.82) is 0 Å². The van der Waals surface area contributed by atoms with E-state index < -0.39 is 11.4 Å². The second-order valence-corrected chi connectivity index (χ2v) is 8.73. The molecule has 1 N–H and O–H groups in total. The number of carboxylic acids is 1. The van der Waals surface area contributed by atoms with Gasteiger partial charge < -0.3 is 14.6 Å². The molecule has 3 aromatic carbocycles. The van der Waals surface area contributed by atoms with Crippen LogP contribution in [0.3, 0.4) is 0 Å². The highest BCUT2D eigenvalue weighted by molar-refractivity contribution is 5.95. The molecule has 1 fully saturated rings. The third-order valence-corrected chi connectivity index (χ3v) is 6.69. The van der Waals surface area contributed by atoms with Crippen molar-refractivity contribution in [3.05, 3.63) is 82.4 Å². The van der Waals surface area contributed by atoms with Crippen LogP contribution in [0.25, 0.3) is 11.1 Å². The maximum absolute atomic E-state index is 13.5. The molecule has 162 valence electrons. The molecule has 0 amide bonds. The Balaban J connectivity index is 1.43. The van der Waals surface area contributed by atoms with Gasteiger partial charge in [-0.1, -0.05) is 30.3 Å². The van der Waals surface area contributed by atoms with E-state index in [1.165, 1.54) is 0 Å². The number of aromatic carboxylic acids is 1. The monoisotopic (exact) mass is 428 g/mol. The van der Waals surface area contributed by atoms with Crippen LogP contribution in [0, 0.1) is 13.8 Å². The average molecular weight is 428 g/mol. The number of ketones is 1. The Morgan fingerprint density at radius 3 is 2.31 bits per heavy atom. The Morgan fingerprint density at radius 1 is 0.906 bits per heavy atom. The van der Waals surface area contributed by atoms with E-state index in [1.807, 2.05) is 44.2 Å². The van der Waals surface area contributed by atoms with Crippen molar-refractivity contribution in [2.24, 2.45) is 0 Å². The molecule has 32 heavy (non-hydrogen) atoms. The fraction of sp³-hybridized carbons (Fsp3) is 0.259. The molecule has 0 radical (unpaired) electrons. The highest BCUT2D eigenvalue weighted by atomic mass is 16.7. The summed E-state index contributed by atoms with van der Waals surface area (Å²) in [6.07, 6.45) is 2.06. The van der Waals surface area contributed by atoms with Crippen molar-refractivity contribution in [2.45, 2.75) is 38.5 Å². The summed E-state index contributed by atoms with van der Waals surface area (Å²) in [5, 5.41) is 9.16. The van der Waals surface area contributed by atoms with E-state index in [-0.39, 0.29) is 18.1 Å². The van der Waals surface area contributed by atoms with Gasteiger partial charge in [-0.25, -0.2) is 4.79 Å². The van der Waals surface area contributed by atoms with Crippen molar-refractivity contribution in [3.63, 3.8) is 0 Å². The Hall–Kier alpha value is -3.60. The van der Waals surface area contributed by atoms with Crippen molar-refractivity contribution in [2.75, 3.05) is 6.79 Å². The van der Waals surface area contributed by atoms with E-state index in [9.17, 15) is 9.59 Å². The number of hydrogen-bond acceptors (Lipinski definition) is 4. The minimum Gasteiger partial charge on any atom is -0.478 e. The van der Waals surface area contributed by atoms with Gasteiger partial charge in [-0.3, -0.25) is 4.79 Å². The van der Waals surface area contributed by atoms with Gasteiger partial charge in [0.1, 0.15) is 5.78 Å². The number of carbonyl (C=O) groups is 2. The van der Waals surface area contributed by atoms with Crippen LogP contribution < -0.4 is 9.47 Å². The van der Waals surface area contributed by atoms with E-state index in [0.29, 0.717) is 12.2 Å². The first-order chi connectivity index (χ1) is 15.4. The first-order valence-corrected chi connectivity index (χ1v) is 10.7. The predicted octanol–water partition coefficient (Wildman–Crippen LogP) is 5.24. The normalized spacial score (nSPS) is 15.4. The summed E-state index contributed by atoms with van der Waals surface area (Å²) in [7, 11) is 0. The average Bonchev–Trinajstić information content (AvgIpc) is 3.46. The minimum absolute atomic E-state index is 0.218. The van der Waals surface area contributed by atoms with Crippen molar-refractivity contribution in [3.8, 4) is 22.6 Å². The number of carboxylic acid groups (broad SMARTS) is 1. The Bertz CT molecular complexity index is 1240. The van der Waals surface area contributed by atoms with E-state index >= 15 is 0 Å². The number of hydrogen-bond donors (Lipinski definition) is 1. The highest BCUT2D eigenvalue weighted by Crippen LogP contribution is 2.51. The van der Waals surface area contributed by atoms with Crippen LogP contribution in [0.1, 0.15) is 45.5 Å². The summed E-state index contributed by atoms with van der Waals surface area (Å²) in [5.41, 5.74) is 5.96. The maximum Gasteiger partial charge on any atom is 0.335 e. The third kappa shape index (κ3) is 3.44. The maximum atomic E-state index is 13.5. The lowest BCUT2D eigenvalue weighted by atomic mass is 9.85. The summed E-state index contributed by atoms with van der Waals surface area (Å²) < 4.78 is 10.9. The topological polar surface area (TPSA) is 72.8 Å². The number of fused-ring (bicyclic) bond motifs is 1. The SMILES string of the molecule is Cc1cc(C)c(-c2ccc(C(=O)O)cc2)cc1CC(=O)C1(c2ccc3c(c2)OCO3)CC1. The first-order valence-electron chi connectivity index (χ1n) is 10.7. The van der Waals surface area contributed by atoms with Gasteiger partial charge in [-0.2, -0.15) is 0 Å². The molecule has 5 heteroatoms. The smallest absolute Gasteiger partial charge is 0.335 e. The van der Waals surface area contributed by atoms with Crippen molar-refractivity contribution in [1.82, 2.24) is 0 Å². The lowest BCUT2D eigenvalue weighted by molar-refractivity contribution is -0.120. The molecular weight excluding hydrogens is 404 g/mol. The van der Waals surface area contributed by atoms with Crippen molar-refractivity contribution >= 4 is 11.8 Å². The van der Waals surface area contributed by atoms with Gasteiger partial charge in [0, 0.05) is 6.42 Å². The van der Waals surface area contributed by atoms with Gasteiger partial charge in [0.25, 0.3) is 0 Å². The molecule has 0 unspecified atom stereocenters. The lowest BCUT2D eigenvalue weighted by Gasteiger charge is -2.18. The summed E-state index contributed by atoms with van der Waals surface area (Å²) in [6.45, 7) is 4.29. The Labute approximate surface area is 186 Å². The van der Waals surface area contributed by atoms with Crippen LogP contribution in [0.2, 0.25) is 0 Å². The second-order valence-electron chi connectivity index (χ2n) is 8.73. The molecule has 2 aliphatic rings. The van der Waals surface area contributed by atoms with Gasteiger partial charge in [-0.15, -0.1) is 0 Å². The summed E-state index contributed by atoms with van der Waals surface area (Å²) in [6, 6.07) is 16.9. The van der Waals surface area contributed by atoms with E-state index in [1.54, 1.807) is 12.1 Å². The Morgan fingerprint density at radius 2 is 1.62 bits per heavy atom.